The van der Waals surface area contributed by atoms with E-state index in [1.807, 2.05) is 0 Å². The molecular formula is C21H16BCl3F6N2S2. The van der Waals surface area contributed by atoms with Gasteiger partial charge in [-0.1, -0.05) is 95.1 Å². The van der Waals surface area contributed by atoms with Gasteiger partial charge in [0.15, 0.2) is 0 Å². The highest BCUT2D eigenvalue weighted by Crippen LogP contribution is 2.41. The number of halogens is 9. The molecule has 14 heteroatoms. The molecule has 2 N–H and O–H groups in total. The van der Waals surface area contributed by atoms with E-state index < -0.39 is 24.8 Å². The molecule has 35 heavy (non-hydrogen) atoms. The summed E-state index contributed by atoms with van der Waals surface area (Å²) in [5.74, 6) is -1.98. The van der Waals surface area contributed by atoms with E-state index in [-0.39, 0.29) is 37.2 Å². The molecule has 0 heterocycles. The lowest BCUT2D eigenvalue weighted by atomic mass is 9.88. The smallest absolute Gasteiger partial charge is 0.369 e. The summed E-state index contributed by atoms with van der Waals surface area (Å²) in [5.41, 5.74) is 1.50. The van der Waals surface area contributed by atoms with E-state index in [2.05, 4.69) is 10.6 Å². The highest BCUT2D eigenvalue weighted by molar-refractivity contribution is 7.81. The second-order valence-corrected chi connectivity index (χ2v) is 9.42. The van der Waals surface area contributed by atoms with Crippen LogP contribution in [0.3, 0.4) is 0 Å². The van der Waals surface area contributed by atoms with Gasteiger partial charge in [0, 0.05) is 5.56 Å². The average Bonchev–Trinajstić information content (AvgIpc) is 2.73. The zero-order valence-corrected chi connectivity index (χ0v) is 21.7. The van der Waals surface area contributed by atoms with E-state index in [1.54, 1.807) is 26.0 Å². The monoisotopic (exact) mass is 590 g/mol. The van der Waals surface area contributed by atoms with Crippen molar-refractivity contribution in [1.29, 1.82) is 0 Å². The molecule has 2 rings (SSSR count). The largest absolute Gasteiger partial charge is 0.405 e. The first-order chi connectivity index (χ1) is 16.1. The zero-order valence-electron chi connectivity index (χ0n) is 17.8. The molecule has 1 unspecified atom stereocenters. The second kappa shape index (κ2) is 12.1. The molecule has 0 spiro atoms. The third-order valence-corrected chi connectivity index (χ3v) is 6.44. The number of allylic oxidation sites excluding steroid dienone is 1. The van der Waals surface area contributed by atoms with E-state index in [9.17, 15) is 26.3 Å². The second-order valence-electron chi connectivity index (χ2n) is 7.33. The van der Waals surface area contributed by atoms with Crippen molar-refractivity contribution < 1.29 is 26.3 Å². The molecule has 2 nitrogen and oxygen atoms in total. The van der Waals surface area contributed by atoms with Crippen molar-refractivity contribution in [1.82, 2.24) is 10.6 Å². The van der Waals surface area contributed by atoms with Gasteiger partial charge in [-0.15, -0.1) is 0 Å². The van der Waals surface area contributed by atoms with E-state index >= 15 is 0 Å². The van der Waals surface area contributed by atoms with Crippen LogP contribution in [0.15, 0.2) is 36.4 Å². The van der Waals surface area contributed by atoms with Crippen molar-refractivity contribution in [3.8, 4) is 0 Å². The van der Waals surface area contributed by atoms with Gasteiger partial charge in [-0.3, -0.25) is 0 Å². The van der Waals surface area contributed by atoms with E-state index in [0.717, 1.165) is 18.2 Å². The van der Waals surface area contributed by atoms with Crippen LogP contribution in [0.2, 0.25) is 15.1 Å². The van der Waals surface area contributed by atoms with Crippen LogP contribution < -0.4 is 16.1 Å². The summed E-state index contributed by atoms with van der Waals surface area (Å²) in [6.45, 7) is -1.36. The van der Waals surface area contributed by atoms with Crippen LogP contribution in [0.5, 0.6) is 0 Å². The SMILES string of the molecule is Bc1cc(/C=C/C(c2cc(Cl)c(Cl)c(Cl)c2)C(F)(F)F)ccc1C(=S)NCC(=S)NCC(F)(F)F. The van der Waals surface area contributed by atoms with Gasteiger partial charge >= 0.3 is 12.4 Å². The Bertz CT molecular complexity index is 1120. The predicted octanol–water partition coefficient (Wildman–Crippen LogP) is 6.01. The Morgan fingerprint density at radius 2 is 1.57 bits per heavy atom. The maximum absolute atomic E-state index is 13.7. The summed E-state index contributed by atoms with van der Waals surface area (Å²) < 4.78 is 77.9. The standard InChI is InChI=1S/C21H16BCl3F6N2S2/c22-14-5-10(1-3-12(14)19(35)32-8-17(34)33-9-20(26,27)28)2-4-13(21(29,30)31)11-6-15(23)18(25)16(24)7-11/h1-7,13H,8-9,22H2,(H,32,35)(H,33,34)/b4-2+. The number of hydrogen-bond acceptors (Lipinski definition) is 2. The summed E-state index contributed by atoms with van der Waals surface area (Å²) >= 11 is 27.7. The summed E-state index contributed by atoms with van der Waals surface area (Å²) in [5, 5.41) is 4.62. The molecule has 0 fully saturated rings. The molecule has 188 valence electrons. The molecule has 0 aliphatic heterocycles. The normalized spacial score (nSPS) is 13.1. The Kier molecular flexibility index (Phi) is 10.3. The molecule has 0 saturated heterocycles. The van der Waals surface area contributed by atoms with Crippen molar-refractivity contribution in [2.24, 2.45) is 0 Å². The lowest BCUT2D eigenvalue weighted by Crippen LogP contribution is -2.40. The van der Waals surface area contributed by atoms with Crippen molar-refractivity contribution in [3.63, 3.8) is 0 Å². The summed E-state index contributed by atoms with van der Waals surface area (Å²) in [6.07, 6.45) is -6.73. The van der Waals surface area contributed by atoms with Gasteiger partial charge in [-0.05, 0) is 23.3 Å². The van der Waals surface area contributed by atoms with Crippen molar-refractivity contribution in [2.45, 2.75) is 18.3 Å². The average molecular weight is 592 g/mol. The van der Waals surface area contributed by atoms with Gasteiger partial charge in [0.2, 0.25) is 0 Å². The molecule has 0 aliphatic carbocycles. The van der Waals surface area contributed by atoms with Gasteiger partial charge in [0.1, 0.15) is 19.4 Å². The first kappa shape index (κ1) is 29.7. The Balaban J connectivity index is 2.15. The maximum Gasteiger partial charge on any atom is 0.405 e. The fourth-order valence-electron chi connectivity index (χ4n) is 2.93. The van der Waals surface area contributed by atoms with Crippen molar-refractivity contribution in [2.75, 3.05) is 13.1 Å². The van der Waals surface area contributed by atoms with Gasteiger partial charge in [-0.25, -0.2) is 0 Å². The highest BCUT2D eigenvalue weighted by Gasteiger charge is 2.39. The minimum Gasteiger partial charge on any atom is -0.369 e. The quantitative estimate of drug-likeness (QED) is 0.178. The zero-order chi connectivity index (χ0) is 26.6. The van der Waals surface area contributed by atoms with E-state index in [0.29, 0.717) is 16.6 Å². The minimum absolute atomic E-state index is 0.0327. The Morgan fingerprint density at radius 3 is 2.09 bits per heavy atom. The number of nitrogens with one attached hydrogen (secondary N) is 2. The third kappa shape index (κ3) is 9.13. The fourth-order valence-corrected chi connectivity index (χ4v) is 3.99. The van der Waals surface area contributed by atoms with Crippen LogP contribution in [0.1, 0.15) is 22.6 Å². The molecule has 1 atom stereocenters. The number of hydrogen-bond donors (Lipinski definition) is 2. The number of alkyl halides is 6. The number of thiocarbonyl (C=S) groups is 2. The molecule has 0 saturated carbocycles. The summed E-state index contributed by atoms with van der Waals surface area (Å²) in [4.78, 5) is 0.162. The van der Waals surface area contributed by atoms with Crippen molar-refractivity contribution >= 4 is 88.6 Å². The molecule has 0 amide bonds. The molecule has 0 aromatic heterocycles. The number of rotatable bonds is 7. The summed E-state index contributed by atoms with van der Waals surface area (Å²) in [7, 11) is 1.70. The number of benzene rings is 2. The topological polar surface area (TPSA) is 24.1 Å². The van der Waals surface area contributed by atoms with Gasteiger partial charge < -0.3 is 10.6 Å². The molecular weight excluding hydrogens is 576 g/mol. The predicted molar refractivity (Wildman–Crippen MR) is 140 cm³/mol. The highest BCUT2D eigenvalue weighted by atomic mass is 35.5. The fraction of sp³-hybridized carbons (Fsp3) is 0.238. The van der Waals surface area contributed by atoms with Crippen LogP contribution in [0.25, 0.3) is 6.08 Å². The first-order valence-corrected chi connectivity index (χ1v) is 11.6. The molecule has 2 aromatic rings. The Labute approximate surface area is 224 Å². The van der Waals surface area contributed by atoms with Gasteiger partial charge in [-0.2, -0.15) is 26.3 Å². The maximum atomic E-state index is 13.7. The lowest BCUT2D eigenvalue weighted by Gasteiger charge is -2.18. The Hall–Kier alpha value is -1.53. The van der Waals surface area contributed by atoms with Crippen LogP contribution in [-0.2, 0) is 0 Å². The lowest BCUT2D eigenvalue weighted by molar-refractivity contribution is -0.139. The van der Waals surface area contributed by atoms with Gasteiger partial charge in [0.25, 0.3) is 0 Å². The molecule has 2 aromatic carbocycles. The summed E-state index contributed by atoms with van der Waals surface area (Å²) in [6, 6.07) is 7.00. The van der Waals surface area contributed by atoms with Crippen LogP contribution in [-0.4, -0.2) is 43.3 Å². The van der Waals surface area contributed by atoms with E-state index in [1.165, 1.54) is 6.08 Å². The third-order valence-electron chi connectivity index (χ3n) is 4.59. The van der Waals surface area contributed by atoms with Crippen LogP contribution in [0, 0.1) is 0 Å². The minimum atomic E-state index is -4.62. The molecule has 0 bridgehead atoms. The molecule has 0 aliphatic rings. The first-order valence-electron chi connectivity index (χ1n) is 9.70. The van der Waals surface area contributed by atoms with Crippen LogP contribution >= 0.6 is 59.2 Å². The van der Waals surface area contributed by atoms with Crippen LogP contribution in [0.4, 0.5) is 26.3 Å². The van der Waals surface area contributed by atoms with Crippen molar-refractivity contribution in [3.05, 3.63) is 68.2 Å². The van der Waals surface area contributed by atoms with Gasteiger partial charge in [0.05, 0.1) is 32.5 Å². The Morgan fingerprint density at radius 1 is 0.971 bits per heavy atom. The molecule has 0 radical (unpaired) electrons. The van der Waals surface area contributed by atoms with E-state index in [4.69, 9.17) is 59.2 Å².